The Morgan fingerprint density at radius 2 is 2.06 bits per heavy atom. The lowest BCUT2D eigenvalue weighted by Crippen LogP contribution is -1.95. The van der Waals surface area contributed by atoms with Crippen molar-refractivity contribution in [2.45, 2.75) is 33.1 Å². The summed E-state index contributed by atoms with van der Waals surface area (Å²) >= 11 is 0. The molecule has 1 aromatic rings. The van der Waals surface area contributed by atoms with Crippen molar-refractivity contribution in [2.75, 3.05) is 6.61 Å². The first-order valence-electron chi connectivity index (χ1n) is 5.57. The summed E-state index contributed by atoms with van der Waals surface area (Å²) in [5.41, 5.74) is 2.75. The largest absolute Gasteiger partial charge is 0.508 e. The maximum absolute atomic E-state index is 9.82. The monoisotopic (exact) mass is 222 g/mol. The number of aromatic hydroxyl groups is 1. The molecule has 3 heteroatoms. The molecule has 0 aliphatic heterocycles. The van der Waals surface area contributed by atoms with Crippen molar-refractivity contribution in [2.24, 2.45) is 0 Å². The summed E-state index contributed by atoms with van der Waals surface area (Å²) in [5, 5.41) is 9.10. The van der Waals surface area contributed by atoms with Crippen LogP contribution in [0.1, 0.15) is 31.4 Å². The van der Waals surface area contributed by atoms with Crippen LogP contribution in [0.3, 0.4) is 0 Å². The normalized spacial score (nSPS) is 12.4. The molecule has 1 aromatic carbocycles. The van der Waals surface area contributed by atoms with E-state index in [1.54, 1.807) is 13.0 Å². The van der Waals surface area contributed by atoms with Crippen LogP contribution in [0.25, 0.3) is 0 Å². The second kappa shape index (κ2) is 6.16. The molecular weight excluding hydrogens is 204 g/mol. The summed E-state index contributed by atoms with van der Waals surface area (Å²) in [6.45, 7) is 3.65. The number of rotatable bonds is 1. The van der Waals surface area contributed by atoms with E-state index in [1.165, 1.54) is 30.9 Å². The van der Waals surface area contributed by atoms with E-state index in [9.17, 15) is 4.79 Å². The van der Waals surface area contributed by atoms with E-state index in [4.69, 9.17) is 5.11 Å². The van der Waals surface area contributed by atoms with Crippen LogP contribution in [0.15, 0.2) is 18.2 Å². The fourth-order valence-electron chi connectivity index (χ4n) is 1.76. The number of benzene rings is 1. The number of carbonyl (C=O) groups is 1. The Hall–Kier alpha value is -1.51. The molecule has 0 saturated carbocycles. The average Bonchev–Trinajstić information content (AvgIpc) is 2.65. The third-order valence-corrected chi connectivity index (χ3v) is 2.43. The van der Waals surface area contributed by atoms with E-state index in [0.29, 0.717) is 12.4 Å². The van der Waals surface area contributed by atoms with Crippen molar-refractivity contribution in [1.29, 1.82) is 0 Å². The molecule has 0 amide bonds. The van der Waals surface area contributed by atoms with Gasteiger partial charge < -0.3 is 9.84 Å². The summed E-state index contributed by atoms with van der Waals surface area (Å²) in [6.07, 6.45) is 3.58. The molecule has 0 aromatic heterocycles. The van der Waals surface area contributed by atoms with Gasteiger partial charge in [-0.15, -0.1) is 0 Å². The maximum atomic E-state index is 9.82. The second-order valence-corrected chi connectivity index (χ2v) is 3.73. The molecule has 3 nitrogen and oxygen atoms in total. The number of phenols is 1. The number of hydrogen-bond donors (Lipinski definition) is 1. The molecule has 0 saturated heterocycles. The van der Waals surface area contributed by atoms with Gasteiger partial charge in [0.25, 0.3) is 0 Å². The van der Waals surface area contributed by atoms with Crippen LogP contribution in [0.2, 0.25) is 0 Å². The fourth-order valence-corrected chi connectivity index (χ4v) is 1.76. The van der Waals surface area contributed by atoms with E-state index in [1.807, 2.05) is 12.1 Å². The lowest BCUT2D eigenvalue weighted by atomic mass is 10.1. The molecule has 16 heavy (non-hydrogen) atoms. The SMILES string of the molecule is CCOC(C)=O.Oc1ccc2c(c1)CCC2. The summed E-state index contributed by atoms with van der Waals surface area (Å²) in [5.74, 6) is 0.193. The minimum atomic E-state index is -0.211. The first-order valence-corrected chi connectivity index (χ1v) is 5.57. The number of carbonyl (C=O) groups excluding carboxylic acids is 1. The van der Waals surface area contributed by atoms with Gasteiger partial charge in [0.2, 0.25) is 0 Å². The molecule has 0 bridgehead atoms. The topological polar surface area (TPSA) is 46.5 Å². The zero-order chi connectivity index (χ0) is 12.0. The van der Waals surface area contributed by atoms with Crippen LogP contribution in [0, 0.1) is 0 Å². The Morgan fingerprint density at radius 3 is 2.62 bits per heavy atom. The van der Waals surface area contributed by atoms with Crippen molar-refractivity contribution in [3.8, 4) is 5.75 Å². The summed E-state index contributed by atoms with van der Waals surface area (Å²) < 4.78 is 4.40. The van der Waals surface area contributed by atoms with Crippen LogP contribution in [0.5, 0.6) is 5.75 Å². The van der Waals surface area contributed by atoms with E-state index >= 15 is 0 Å². The Bertz CT molecular complexity index is 358. The second-order valence-electron chi connectivity index (χ2n) is 3.73. The molecule has 0 unspecified atom stereocenters. The van der Waals surface area contributed by atoms with E-state index in [0.717, 1.165) is 6.42 Å². The number of phenolic OH excluding ortho intramolecular Hbond substituents is 1. The van der Waals surface area contributed by atoms with Gasteiger partial charge in [-0.2, -0.15) is 0 Å². The maximum Gasteiger partial charge on any atom is 0.302 e. The molecule has 0 heterocycles. The van der Waals surface area contributed by atoms with Gasteiger partial charge in [0.05, 0.1) is 6.61 Å². The molecular formula is C13H18O3. The predicted octanol–water partition coefficient (Wildman–Crippen LogP) is 2.45. The zero-order valence-corrected chi connectivity index (χ0v) is 9.82. The number of ether oxygens (including phenoxy) is 1. The first kappa shape index (κ1) is 12.6. The van der Waals surface area contributed by atoms with Crippen molar-refractivity contribution < 1.29 is 14.6 Å². The van der Waals surface area contributed by atoms with Gasteiger partial charge in [0.15, 0.2) is 0 Å². The Balaban J connectivity index is 0.000000187. The fraction of sp³-hybridized carbons (Fsp3) is 0.462. The van der Waals surface area contributed by atoms with Gasteiger partial charge in [-0.1, -0.05) is 6.07 Å². The smallest absolute Gasteiger partial charge is 0.302 e. The van der Waals surface area contributed by atoms with Gasteiger partial charge in [-0.05, 0) is 49.4 Å². The molecule has 2 rings (SSSR count). The van der Waals surface area contributed by atoms with E-state index in [2.05, 4.69) is 4.74 Å². The van der Waals surface area contributed by atoms with Crippen LogP contribution in [-0.2, 0) is 22.4 Å². The third kappa shape index (κ3) is 3.93. The number of esters is 1. The van der Waals surface area contributed by atoms with Gasteiger partial charge in [0, 0.05) is 6.92 Å². The van der Waals surface area contributed by atoms with Gasteiger partial charge >= 0.3 is 5.97 Å². The molecule has 1 aliphatic carbocycles. The molecule has 0 radical (unpaired) electrons. The molecule has 0 spiro atoms. The lowest BCUT2D eigenvalue weighted by molar-refractivity contribution is -0.140. The highest BCUT2D eigenvalue weighted by Gasteiger charge is 2.09. The Labute approximate surface area is 96.1 Å². The summed E-state index contributed by atoms with van der Waals surface area (Å²) in [7, 11) is 0. The highest BCUT2D eigenvalue weighted by atomic mass is 16.5. The van der Waals surface area contributed by atoms with Crippen LogP contribution in [-0.4, -0.2) is 17.7 Å². The molecule has 0 fully saturated rings. The average molecular weight is 222 g/mol. The lowest BCUT2D eigenvalue weighted by Gasteiger charge is -1.97. The quantitative estimate of drug-likeness (QED) is 0.742. The Morgan fingerprint density at radius 1 is 1.38 bits per heavy atom. The first-order chi connectivity index (χ1) is 7.63. The third-order valence-electron chi connectivity index (χ3n) is 2.43. The summed E-state index contributed by atoms with van der Waals surface area (Å²) in [6, 6.07) is 5.67. The van der Waals surface area contributed by atoms with Gasteiger partial charge in [-0.25, -0.2) is 0 Å². The highest BCUT2D eigenvalue weighted by Crippen LogP contribution is 2.24. The van der Waals surface area contributed by atoms with E-state index < -0.39 is 0 Å². The van der Waals surface area contributed by atoms with Gasteiger partial charge in [0.1, 0.15) is 5.75 Å². The minimum absolute atomic E-state index is 0.211. The highest BCUT2D eigenvalue weighted by molar-refractivity contribution is 5.65. The minimum Gasteiger partial charge on any atom is -0.508 e. The molecule has 1 N–H and O–H groups in total. The van der Waals surface area contributed by atoms with E-state index in [-0.39, 0.29) is 5.97 Å². The van der Waals surface area contributed by atoms with Crippen molar-refractivity contribution in [1.82, 2.24) is 0 Å². The van der Waals surface area contributed by atoms with Crippen molar-refractivity contribution in [3.63, 3.8) is 0 Å². The zero-order valence-electron chi connectivity index (χ0n) is 9.82. The van der Waals surface area contributed by atoms with Crippen LogP contribution < -0.4 is 0 Å². The predicted molar refractivity (Wildman–Crippen MR) is 62.4 cm³/mol. The number of fused-ring (bicyclic) bond motifs is 1. The van der Waals surface area contributed by atoms with Crippen molar-refractivity contribution >= 4 is 5.97 Å². The number of hydrogen-bond acceptors (Lipinski definition) is 3. The summed E-state index contributed by atoms with van der Waals surface area (Å²) in [4.78, 5) is 9.82. The van der Waals surface area contributed by atoms with Gasteiger partial charge in [-0.3, -0.25) is 4.79 Å². The molecule has 0 atom stereocenters. The van der Waals surface area contributed by atoms with Crippen LogP contribution >= 0.6 is 0 Å². The molecule has 88 valence electrons. The Kier molecular flexibility index (Phi) is 4.83. The molecule has 1 aliphatic rings. The van der Waals surface area contributed by atoms with Crippen molar-refractivity contribution in [3.05, 3.63) is 29.3 Å². The number of aryl methyl sites for hydroxylation is 2. The van der Waals surface area contributed by atoms with Crippen LogP contribution in [0.4, 0.5) is 0 Å². The standard InChI is InChI=1S/C9H10O.C4H8O2/c10-9-5-4-7-2-1-3-8(7)6-9;1-3-6-4(2)5/h4-6,10H,1-3H2;3H2,1-2H3.